The second-order valence-corrected chi connectivity index (χ2v) is 12.5. The molecule has 6 rings (SSSR count). The first kappa shape index (κ1) is 32.6. The van der Waals surface area contributed by atoms with E-state index in [4.69, 9.17) is 9.47 Å². The fourth-order valence-electron chi connectivity index (χ4n) is 6.45. The fourth-order valence-corrected chi connectivity index (χ4v) is 7.57. The quantitative estimate of drug-likeness (QED) is 0.106. The van der Waals surface area contributed by atoms with Crippen LogP contribution < -0.4 is 14.4 Å². The van der Waals surface area contributed by atoms with E-state index in [-0.39, 0.29) is 5.78 Å². The van der Waals surface area contributed by atoms with Gasteiger partial charge in [-0.25, -0.2) is 9.13 Å². The Morgan fingerprint density at radius 3 is 2.23 bits per heavy atom. The zero-order chi connectivity index (χ0) is 32.9. The number of rotatable bonds is 14. The zero-order valence-electron chi connectivity index (χ0n) is 27.7. The number of nitrogens with zero attached hydrogens (tertiary/aromatic N) is 4. The van der Waals surface area contributed by atoms with Crippen molar-refractivity contribution < 1.29 is 18.8 Å². The second-order valence-electron chi connectivity index (χ2n) is 11.5. The van der Waals surface area contributed by atoms with E-state index in [0.717, 1.165) is 74.5 Å². The van der Waals surface area contributed by atoms with Crippen molar-refractivity contribution >= 4 is 52.1 Å². The van der Waals surface area contributed by atoms with Crippen LogP contribution in [0.15, 0.2) is 107 Å². The smallest absolute Gasteiger partial charge is 0.283 e. The zero-order valence-corrected chi connectivity index (χ0v) is 28.6. The number of imidazole rings is 1. The minimum atomic E-state index is 0.0620. The number of aromatic nitrogens is 2. The van der Waals surface area contributed by atoms with Crippen molar-refractivity contribution in [3.8, 4) is 0 Å². The van der Waals surface area contributed by atoms with E-state index in [9.17, 15) is 4.79 Å². The summed E-state index contributed by atoms with van der Waals surface area (Å²) in [7, 11) is 3.45. The van der Waals surface area contributed by atoms with Gasteiger partial charge in [0, 0.05) is 55.2 Å². The molecule has 0 fully saturated rings. The van der Waals surface area contributed by atoms with Crippen LogP contribution in [0, 0.1) is 0 Å². The summed E-state index contributed by atoms with van der Waals surface area (Å²) in [6.45, 7) is 12.3. The molecule has 2 heterocycles. The number of anilines is 2. The lowest BCUT2D eigenvalue weighted by Crippen LogP contribution is -2.39. The monoisotopic (exact) mass is 647 g/mol. The second kappa shape index (κ2) is 14.6. The van der Waals surface area contributed by atoms with Crippen LogP contribution in [0.1, 0.15) is 30.8 Å². The molecule has 2 aliphatic rings. The van der Waals surface area contributed by atoms with E-state index in [1.807, 2.05) is 6.08 Å². The van der Waals surface area contributed by atoms with Crippen LogP contribution in [0.25, 0.3) is 23.2 Å². The van der Waals surface area contributed by atoms with Gasteiger partial charge in [-0.2, -0.15) is 0 Å². The highest BCUT2D eigenvalue weighted by atomic mass is 32.2. The lowest BCUT2D eigenvalue weighted by molar-refractivity contribution is -0.675. The molecule has 0 bridgehead atoms. The van der Waals surface area contributed by atoms with Crippen molar-refractivity contribution in [3.05, 3.63) is 124 Å². The van der Waals surface area contributed by atoms with Crippen molar-refractivity contribution in [1.29, 1.82) is 0 Å². The molecule has 0 saturated carbocycles. The van der Waals surface area contributed by atoms with Gasteiger partial charge in [0.15, 0.2) is 16.8 Å². The van der Waals surface area contributed by atoms with Gasteiger partial charge in [0.2, 0.25) is 0 Å². The van der Waals surface area contributed by atoms with Crippen molar-refractivity contribution in [2.75, 3.05) is 50.3 Å². The van der Waals surface area contributed by atoms with Crippen LogP contribution >= 0.6 is 11.8 Å². The number of carbonyl (C=O) groups is 1. The summed E-state index contributed by atoms with van der Waals surface area (Å²) in [4.78, 5) is 19.9. The Balaban J connectivity index is 1.48. The van der Waals surface area contributed by atoms with Crippen LogP contribution in [0.5, 0.6) is 0 Å². The van der Waals surface area contributed by atoms with Crippen molar-refractivity contribution in [1.82, 2.24) is 4.57 Å². The molecule has 8 heteroatoms. The number of ketones is 1. The SMILES string of the molecule is C=Cc1ccc(CSC2=C(C=C3N(CC)c4ccccc4N3CCOC)C(=O)C2=Cc2n(CC)c3ccccc3[n+]2CCOC)cc1. The van der Waals surface area contributed by atoms with E-state index >= 15 is 0 Å². The topological polar surface area (TPSA) is 50.8 Å². The molecular formula is C39H43N4O3S+. The molecule has 1 aliphatic carbocycles. The van der Waals surface area contributed by atoms with E-state index < -0.39 is 0 Å². The molecule has 0 unspecified atom stereocenters. The van der Waals surface area contributed by atoms with E-state index in [1.54, 1.807) is 26.0 Å². The van der Waals surface area contributed by atoms with E-state index in [2.05, 4.69) is 124 Å². The summed E-state index contributed by atoms with van der Waals surface area (Å²) in [5.74, 6) is 2.81. The Kier molecular flexibility index (Phi) is 10.1. The summed E-state index contributed by atoms with van der Waals surface area (Å²) in [6.07, 6.45) is 6.04. The van der Waals surface area contributed by atoms with Gasteiger partial charge in [-0.3, -0.25) is 4.79 Å². The van der Waals surface area contributed by atoms with Gasteiger partial charge in [0.25, 0.3) is 5.82 Å². The molecule has 3 aromatic carbocycles. The average Bonchev–Trinajstić information content (AvgIpc) is 3.59. The van der Waals surface area contributed by atoms with Crippen LogP contribution in [-0.4, -0.2) is 50.9 Å². The van der Waals surface area contributed by atoms with Gasteiger partial charge in [-0.1, -0.05) is 61.2 Å². The van der Waals surface area contributed by atoms with Gasteiger partial charge < -0.3 is 19.3 Å². The number of allylic oxidation sites excluding steroid dienone is 3. The molecule has 0 amide bonds. The third kappa shape index (κ3) is 6.21. The van der Waals surface area contributed by atoms with Gasteiger partial charge in [0.1, 0.15) is 12.4 Å². The Bertz CT molecular complexity index is 1890. The number of para-hydroxylation sites is 4. The highest BCUT2D eigenvalue weighted by molar-refractivity contribution is 8.02. The van der Waals surface area contributed by atoms with E-state index in [1.165, 1.54) is 5.56 Å². The van der Waals surface area contributed by atoms with Gasteiger partial charge in [0.05, 0.1) is 31.1 Å². The first-order valence-corrected chi connectivity index (χ1v) is 17.2. The summed E-state index contributed by atoms with van der Waals surface area (Å²) in [6, 6.07) is 25.3. The summed E-state index contributed by atoms with van der Waals surface area (Å²) in [5.41, 5.74) is 8.32. The normalized spacial score (nSPS) is 16.1. The molecule has 0 radical (unpaired) electrons. The Labute approximate surface area is 282 Å². The number of aryl methyl sites for hydroxylation is 1. The van der Waals surface area contributed by atoms with Crippen LogP contribution in [0.3, 0.4) is 0 Å². The number of Topliss-reactive ketones (excluding diaryl/α,β-unsaturated/α-hetero) is 1. The highest BCUT2D eigenvalue weighted by Gasteiger charge is 2.38. The number of hydrogen-bond donors (Lipinski definition) is 0. The maximum atomic E-state index is 14.3. The molecule has 0 spiro atoms. The van der Waals surface area contributed by atoms with Crippen LogP contribution in [0.2, 0.25) is 0 Å². The maximum absolute atomic E-state index is 14.3. The van der Waals surface area contributed by atoms with Crippen LogP contribution in [0.4, 0.5) is 11.4 Å². The average molecular weight is 648 g/mol. The standard InChI is InChI=1S/C39H43N4O3S/c1-6-28-17-19-29(20-18-28)27-47-39-30(25-36-40(7-2)32-13-9-11-15-34(32)42(36)21-23-45-4)38(44)31(39)26-37-41(8-3)33-14-10-12-16-35(33)43(37)22-24-46-5/h6,9-20,25-26H,1,7-8,21-24,27H2,2-5H3/q+1. The number of ether oxygens (including phenoxy) is 2. The molecule has 0 saturated heterocycles. The third-order valence-electron chi connectivity index (χ3n) is 8.83. The Morgan fingerprint density at radius 1 is 0.851 bits per heavy atom. The molecule has 1 aromatic heterocycles. The van der Waals surface area contributed by atoms with Gasteiger partial charge >= 0.3 is 0 Å². The molecule has 4 aromatic rings. The number of carbonyl (C=O) groups excluding carboxylic acids is 1. The summed E-state index contributed by atoms with van der Waals surface area (Å²) in [5, 5.41) is 0. The Morgan fingerprint density at radius 2 is 1.55 bits per heavy atom. The number of hydrogen-bond acceptors (Lipinski definition) is 6. The molecule has 242 valence electrons. The largest absolute Gasteiger partial charge is 0.383 e. The number of benzene rings is 3. The molecule has 7 nitrogen and oxygen atoms in total. The predicted molar refractivity (Wildman–Crippen MR) is 194 cm³/mol. The first-order chi connectivity index (χ1) is 23.0. The number of thioether (sulfide) groups is 1. The molecular weight excluding hydrogens is 605 g/mol. The predicted octanol–water partition coefficient (Wildman–Crippen LogP) is 7.23. The minimum Gasteiger partial charge on any atom is -0.383 e. The fraction of sp³-hybridized carbons (Fsp3) is 0.282. The third-order valence-corrected chi connectivity index (χ3v) is 10.0. The lowest BCUT2D eigenvalue weighted by atomic mass is 9.89. The van der Waals surface area contributed by atoms with Gasteiger partial charge in [-0.05, 0) is 55.3 Å². The highest BCUT2D eigenvalue weighted by Crippen LogP contribution is 2.46. The minimum absolute atomic E-state index is 0.0620. The van der Waals surface area contributed by atoms with Crippen molar-refractivity contribution in [3.63, 3.8) is 0 Å². The first-order valence-electron chi connectivity index (χ1n) is 16.2. The number of methoxy groups -OCH3 is 2. The van der Waals surface area contributed by atoms with Crippen LogP contribution in [-0.2, 0) is 33.1 Å². The van der Waals surface area contributed by atoms with E-state index in [0.29, 0.717) is 26.3 Å². The van der Waals surface area contributed by atoms with Crippen molar-refractivity contribution in [2.24, 2.45) is 0 Å². The molecule has 0 atom stereocenters. The molecule has 0 N–H and O–H groups in total. The Hall–Kier alpha value is -4.37. The molecule has 1 aliphatic heterocycles. The lowest BCUT2D eigenvalue weighted by Gasteiger charge is -2.28. The number of fused-ring (bicyclic) bond motifs is 2. The van der Waals surface area contributed by atoms with Crippen molar-refractivity contribution in [2.45, 2.75) is 32.7 Å². The maximum Gasteiger partial charge on any atom is 0.283 e. The summed E-state index contributed by atoms with van der Waals surface area (Å²) >= 11 is 1.72. The van der Waals surface area contributed by atoms with Gasteiger partial charge in [-0.15, -0.1) is 11.8 Å². The summed E-state index contributed by atoms with van der Waals surface area (Å²) < 4.78 is 15.6. The molecule has 47 heavy (non-hydrogen) atoms.